The van der Waals surface area contributed by atoms with Gasteiger partial charge in [-0.15, -0.1) is 0 Å². The van der Waals surface area contributed by atoms with Crippen molar-refractivity contribution in [1.29, 1.82) is 0 Å². The summed E-state index contributed by atoms with van der Waals surface area (Å²) in [4.78, 5) is 0. The van der Waals surface area contributed by atoms with Crippen LogP contribution in [0.5, 0.6) is 0 Å². The molecule has 2 heteroatoms. The molecule has 0 spiro atoms. The van der Waals surface area contributed by atoms with Gasteiger partial charge in [0.2, 0.25) is 0 Å². The molecule has 2 unspecified atom stereocenters. The predicted octanol–water partition coefficient (Wildman–Crippen LogP) is 2.83. The number of thioether (sulfide) groups is 1. The topological polar surface area (TPSA) is 12.0 Å². The maximum Gasteiger partial charge on any atom is 0.0198 e. The first-order valence-electron chi connectivity index (χ1n) is 5.20. The van der Waals surface area contributed by atoms with Crippen LogP contribution >= 0.6 is 11.8 Å². The molecule has 0 bridgehead atoms. The Hall–Kier alpha value is 0.0500. The first-order chi connectivity index (χ1) is 6.27. The van der Waals surface area contributed by atoms with Gasteiger partial charge in [0.25, 0.3) is 0 Å². The third kappa shape index (κ3) is 3.35. The van der Waals surface area contributed by atoms with Gasteiger partial charge in [-0.05, 0) is 25.5 Å². The lowest BCUT2D eigenvalue weighted by Gasteiger charge is -2.19. The molecule has 13 heavy (non-hydrogen) atoms. The molecule has 0 saturated heterocycles. The second-order valence-corrected chi connectivity index (χ2v) is 4.87. The van der Waals surface area contributed by atoms with Gasteiger partial charge in [0, 0.05) is 17.8 Å². The minimum Gasteiger partial charge on any atom is -0.309 e. The largest absolute Gasteiger partial charge is 0.309 e. The Balaban J connectivity index is 2.23. The Bertz CT molecular complexity index is 167. The third-order valence-electron chi connectivity index (χ3n) is 2.87. The summed E-state index contributed by atoms with van der Waals surface area (Å²) in [5.74, 6) is 0. The third-order valence-corrected chi connectivity index (χ3v) is 4.04. The molecule has 2 atom stereocenters. The normalized spacial score (nSPS) is 27.8. The van der Waals surface area contributed by atoms with Crippen LogP contribution in [0.15, 0.2) is 12.2 Å². The average molecular weight is 199 g/mol. The van der Waals surface area contributed by atoms with Crippen LogP contribution in [0.25, 0.3) is 0 Å². The summed E-state index contributed by atoms with van der Waals surface area (Å²) in [7, 11) is 0. The molecule has 0 aliphatic heterocycles. The van der Waals surface area contributed by atoms with Crippen molar-refractivity contribution < 1.29 is 0 Å². The van der Waals surface area contributed by atoms with E-state index in [-0.39, 0.29) is 0 Å². The van der Waals surface area contributed by atoms with Gasteiger partial charge >= 0.3 is 0 Å². The first kappa shape index (κ1) is 11.1. The van der Waals surface area contributed by atoms with Crippen molar-refractivity contribution in [1.82, 2.24) is 5.32 Å². The molecule has 0 amide bonds. The fourth-order valence-corrected chi connectivity index (χ4v) is 2.81. The van der Waals surface area contributed by atoms with E-state index in [2.05, 4.69) is 25.1 Å². The van der Waals surface area contributed by atoms with Gasteiger partial charge in [-0.3, -0.25) is 0 Å². The molecule has 1 saturated carbocycles. The highest BCUT2D eigenvalue weighted by Crippen LogP contribution is 2.28. The summed E-state index contributed by atoms with van der Waals surface area (Å²) in [6.45, 7) is 7.20. The van der Waals surface area contributed by atoms with Gasteiger partial charge in [0.15, 0.2) is 0 Å². The van der Waals surface area contributed by atoms with Crippen LogP contribution in [0.1, 0.15) is 32.6 Å². The molecule has 0 aromatic heterocycles. The summed E-state index contributed by atoms with van der Waals surface area (Å²) in [6, 6.07) is 0.735. The van der Waals surface area contributed by atoms with Crippen molar-refractivity contribution in [2.75, 3.05) is 12.8 Å². The van der Waals surface area contributed by atoms with Crippen LogP contribution in [-0.4, -0.2) is 24.1 Å². The van der Waals surface area contributed by atoms with Gasteiger partial charge < -0.3 is 5.32 Å². The zero-order valence-electron chi connectivity index (χ0n) is 8.81. The highest BCUT2D eigenvalue weighted by Gasteiger charge is 2.25. The molecule has 76 valence electrons. The highest BCUT2D eigenvalue weighted by atomic mass is 32.2. The van der Waals surface area contributed by atoms with E-state index in [4.69, 9.17) is 0 Å². The monoisotopic (exact) mass is 199 g/mol. The molecule has 1 rings (SSSR count). The van der Waals surface area contributed by atoms with Crippen molar-refractivity contribution in [3.05, 3.63) is 12.2 Å². The van der Waals surface area contributed by atoms with Crippen LogP contribution < -0.4 is 5.32 Å². The molecule has 0 radical (unpaired) electrons. The maximum absolute atomic E-state index is 4.02. The zero-order valence-corrected chi connectivity index (χ0v) is 9.62. The average Bonchev–Trinajstić information content (AvgIpc) is 2.61. The molecule has 1 aliphatic rings. The van der Waals surface area contributed by atoms with Crippen molar-refractivity contribution in [2.24, 2.45) is 0 Å². The quantitative estimate of drug-likeness (QED) is 0.683. The zero-order chi connectivity index (χ0) is 9.68. The minimum atomic E-state index is 0.735. The van der Waals surface area contributed by atoms with Crippen LogP contribution in [0.2, 0.25) is 0 Å². The minimum absolute atomic E-state index is 0.735. The summed E-state index contributed by atoms with van der Waals surface area (Å²) in [6.07, 6.45) is 7.45. The van der Waals surface area contributed by atoms with E-state index in [9.17, 15) is 0 Å². The first-order valence-corrected chi connectivity index (χ1v) is 6.49. The summed E-state index contributed by atoms with van der Waals surface area (Å²) >= 11 is 2.01. The number of hydrogen-bond acceptors (Lipinski definition) is 2. The highest BCUT2D eigenvalue weighted by molar-refractivity contribution is 7.99. The fourth-order valence-electron chi connectivity index (χ4n) is 1.84. The molecular formula is C11H21NS. The van der Waals surface area contributed by atoms with Gasteiger partial charge in [-0.25, -0.2) is 0 Å². The lowest BCUT2D eigenvalue weighted by Crippen LogP contribution is -2.35. The van der Waals surface area contributed by atoms with E-state index < -0.39 is 0 Å². The van der Waals surface area contributed by atoms with Crippen molar-refractivity contribution in [3.8, 4) is 0 Å². The van der Waals surface area contributed by atoms with Gasteiger partial charge in [-0.2, -0.15) is 11.8 Å². The standard InChI is InChI=1S/C11H21NS/c1-4-9(2)8-12-10-6-5-7-11(10)13-3/h10-12H,2,4-8H2,1,3H3. The van der Waals surface area contributed by atoms with E-state index >= 15 is 0 Å². The van der Waals surface area contributed by atoms with Crippen molar-refractivity contribution in [2.45, 2.75) is 43.9 Å². The molecule has 0 heterocycles. The van der Waals surface area contributed by atoms with Crippen molar-refractivity contribution >= 4 is 11.8 Å². The van der Waals surface area contributed by atoms with Crippen LogP contribution in [0.4, 0.5) is 0 Å². The second kappa shape index (κ2) is 5.71. The van der Waals surface area contributed by atoms with Crippen LogP contribution in [-0.2, 0) is 0 Å². The Morgan fingerprint density at radius 2 is 2.31 bits per heavy atom. The Morgan fingerprint density at radius 3 is 2.92 bits per heavy atom. The predicted molar refractivity (Wildman–Crippen MR) is 62.4 cm³/mol. The fraction of sp³-hybridized carbons (Fsp3) is 0.818. The SMILES string of the molecule is C=C(CC)CNC1CCCC1SC. The maximum atomic E-state index is 4.02. The molecule has 1 N–H and O–H groups in total. The number of hydrogen-bond donors (Lipinski definition) is 1. The summed E-state index contributed by atoms with van der Waals surface area (Å²) in [5, 5.41) is 4.45. The van der Waals surface area contributed by atoms with E-state index in [1.807, 2.05) is 11.8 Å². The van der Waals surface area contributed by atoms with Gasteiger partial charge in [0.1, 0.15) is 0 Å². The Labute approximate surface area is 86.4 Å². The molecule has 0 aromatic rings. The van der Waals surface area contributed by atoms with E-state index in [1.54, 1.807) is 0 Å². The Kier molecular flexibility index (Phi) is 4.89. The lowest BCUT2D eigenvalue weighted by molar-refractivity contribution is 0.555. The van der Waals surface area contributed by atoms with Crippen LogP contribution in [0, 0.1) is 0 Å². The molecule has 1 aliphatic carbocycles. The number of rotatable bonds is 5. The molecular weight excluding hydrogens is 178 g/mol. The number of nitrogens with one attached hydrogen (secondary N) is 1. The summed E-state index contributed by atoms with van der Waals surface area (Å²) in [5.41, 5.74) is 1.33. The molecule has 1 fully saturated rings. The van der Waals surface area contributed by atoms with E-state index in [1.165, 1.54) is 24.8 Å². The summed E-state index contributed by atoms with van der Waals surface area (Å²) < 4.78 is 0. The molecule has 0 aromatic carbocycles. The second-order valence-electron chi connectivity index (χ2n) is 3.80. The van der Waals surface area contributed by atoms with Gasteiger partial charge in [0.05, 0.1) is 0 Å². The Morgan fingerprint density at radius 1 is 1.54 bits per heavy atom. The van der Waals surface area contributed by atoms with Crippen LogP contribution in [0.3, 0.4) is 0 Å². The van der Waals surface area contributed by atoms with E-state index in [0.29, 0.717) is 0 Å². The van der Waals surface area contributed by atoms with Crippen molar-refractivity contribution in [3.63, 3.8) is 0 Å². The van der Waals surface area contributed by atoms with E-state index in [0.717, 1.165) is 24.3 Å². The lowest BCUT2D eigenvalue weighted by atomic mass is 10.2. The smallest absolute Gasteiger partial charge is 0.0198 e. The van der Waals surface area contributed by atoms with Gasteiger partial charge in [-0.1, -0.05) is 25.5 Å². The molecule has 1 nitrogen and oxygen atoms in total.